The molecule has 0 aliphatic carbocycles. The van der Waals surface area contributed by atoms with E-state index in [4.69, 9.17) is 4.42 Å². The van der Waals surface area contributed by atoms with Crippen molar-refractivity contribution >= 4 is 11.1 Å². The Morgan fingerprint density at radius 3 is 3.17 bits per heavy atom. The molecule has 0 spiro atoms. The molecule has 0 bridgehead atoms. The van der Waals surface area contributed by atoms with E-state index in [1.165, 1.54) is 17.7 Å². The first-order valence-corrected chi connectivity index (χ1v) is 7.96. The summed E-state index contributed by atoms with van der Waals surface area (Å²) in [6.45, 7) is 4.88. The lowest BCUT2D eigenvalue weighted by molar-refractivity contribution is 0.185. The summed E-state index contributed by atoms with van der Waals surface area (Å²) in [5.41, 5.74) is 3.60. The Kier molecular flexibility index (Phi) is 3.61. The molecule has 1 atom stereocenters. The third kappa shape index (κ3) is 2.86. The summed E-state index contributed by atoms with van der Waals surface area (Å²) in [6.07, 6.45) is 4.00. The van der Waals surface area contributed by atoms with Gasteiger partial charge in [0.1, 0.15) is 11.3 Å². The first kappa shape index (κ1) is 14.4. The van der Waals surface area contributed by atoms with Crippen LogP contribution in [-0.2, 0) is 6.54 Å². The molecule has 2 aromatic heterocycles. The summed E-state index contributed by atoms with van der Waals surface area (Å²) in [5.74, 6) is 0.680. The minimum atomic E-state index is -0.291. The van der Waals surface area contributed by atoms with Crippen molar-refractivity contribution < 1.29 is 8.81 Å². The number of likely N-dealkylation sites (tertiary alicyclic amines) is 1. The molecule has 120 valence electrons. The average Bonchev–Trinajstić information content (AvgIpc) is 3.14. The number of benzene rings is 1. The Hall–Kier alpha value is -2.21. The highest BCUT2D eigenvalue weighted by Gasteiger charge is 2.26. The predicted molar refractivity (Wildman–Crippen MR) is 84.5 cm³/mol. The SMILES string of the molecule is Cc1cn[nH]c1CN1CCCC(c2nc3ccc(F)cc3o2)C1. The fourth-order valence-electron chi connectivity index (χ4n) is 3.25. The predicted octanol–water partition coefficient (Wildman–Crippen LogP) is 3.38. The van der Waals surface area contributed by atoms with Gasteiger partial charge >= 0.3 is 0 Å². The number of halogens is 1. The highest BCUT2D eigenvalue weighted by molar-refractivity contribution is 5.72. The standard InChI is InChI=1S/C17H19FN4O/c1-11-8-19-21-15(11)10-22-6-2-3-12(9-22)17-20-14-5-4-13(18)7-16(14)23-17/h4-5,7-8,12H,2-3,6,9-10H2,1H3,(H,19,21). The van der Waals surface area contributed by atoms with Gasteiger partial charge in [-0.3, -0.25) is 10.00 Å². The van der Waals surface area contributed by atoms with Crippen LogP contribution in [0.1, 0.15) is 35.9 Å². The largest absolute Gasteiger partial charge is 0.440 e. The third-order valence-electron chi connectivity index (χ3n) is 4.54. The second-order valence-electron chi connectivity index (χ2n) is 6.27. The van der Waals surface area contributed by atoms with E-state index in [-0.39, 0.29) is 11.7 Å². The molecule has 0 amide bonds. The minimum absolute atomic E-state index is 0.252. The number of H-pyrrole nitrogens is 1. The Morgan fingerprint density at radius 2 is 2.35 bits per heavy atom. The molecule has 1 fully saturated rings. The number of aromatic nitrogens is 3. The van der Waals surface area contributed by atoms with Crippen molar-refractivity contribution in [2.45, 2.75) is 32.2 Å². The quantitative estimate of drug-likeness (QED) is 0.805. The van der Waals surface area contributed by atoms with Gasteiger partial charge < -0.3 is 4.42 Å². The van der Waals surface area contributed by atoms with E-state index in [0.29, 0.717) is 5.58 Å². The molecule has 6 heteroatoms. The van der Waals surface area contributed by atoms with E-state index >= 15 is 0 Å². The summed E-state index contributed by atoms with van der Waals surface area (Å²) in [5, 5.41) is 7.15. The average molecular weight is 314 g/mol. The molecule has 0 radical (unpaired) electrons. The van der Waals surface area contributed by atoms with Crippen molar-refractivity contribution in [3.63, 3.8) is 0 Å². The molecule has 1 aromatic carbocycles. The minimum Gasteiger partial charge on any atom is -0.440 e. The van der Waals surface area contributed by atoms with Crippen LogP contribution in [0.3, 0.4) is 0 Å². The van der Waals surface area contributed by atoms with Crippen molar-refractivity contribution in [3.05, 3.63) is 47.4 Å². The van der Waals surface area contributed by atoms with Crippen molar-refractivity contribution in [1.82, 2.24) is 20.1 Å². The van der Waals surface area contributed by atoms with Gasteiger partial charge in [0.2, 0.25) is 0 Å². The fourth-order valence-corrected chi connectivity index (χ4v) is 3.25. The van der Waals surface area contributed by atoms with Gasteiger partial charge in [-0.25, -0.2) is 9.37 Å². The van der Waals surface area contributed by atoms with Crippen LogP contribution in [0.4, 0.5) is 4.39 Å². The van der Waals surface area contributed by atoms with Gasteiger partial charge in [0.05, 0.1) is 11.9 Å². The maximum Gasteiger partial charge on any atom is 0.199 e. The monoisotopic (exact) mass is 314 g/mol. The normalized spacial score (nSPS) is 19.5. The van der Waals surface area contributed by atoms with Crippen molar-refractivity contribution in [2.24, 2.45) is 0 Å². The first-order chi connectivity index (χ1) is 11.2. The molecule has 1 saturated heterocycles. The number of piperidine rings is 1. The third-order valence-corrected chi connectivity index (χ3v) is 4.54. The summed E-state index contributed by atoms with van der Waals surface area (Å²) in [7, 11) is 0. The van der Waals surface area contributed by atoms with Gasteiger partial charge in [0.25, 0.3) is 0 Å². The Bertz CT molecular complexity index is 825. The molecule has 3 heterocycles. The van der Waals surface area contributed by atoms with Gasteiger partial charge in [-0.05, 0) is 44.0 Å². The smallest absolute Gasteiger partial charge is 0.199 e. The molecule has 1 aliphatic rings. The highest BCUT2D eigenvalue weighted by atomic mass is 19.1. The summed E-state index contributed by atoms with van der Waals surface area (Å²) >= 11 is 0. The maximum atomic E-state index is 13.3. The molecule has 1 aliphatic heterocycles. The number of oxazole rings is 1. The number of rotatable bonds is 3. The van der Waals surface area contributed by atoms with Crippen molar-refractivity contribution in [3.8, 4) is 0 Å². The van der Waals surface area contributed by atoms with Crippen LogP contribution in [0.25, 0.3) is 11.1 Å². The number of aromatic amines is 1. The van der Waals surface area contributed by atoms with Crippen molar-refractivity contribution in [2.75, 3.05) is 13.1 Å². The molecule has 1 N–H and O–H groups in total. The second kappa shape index (κ2) is 5.77. The summed E-state index contributed by atoms with van der Waals surface area (Å²) in [4.78, 5) is 6.94. The summed E-state index contributed by atoms with van der Waals surface area (Å²) < 4.78 is 19.1. The van der Waals surface area contributed by atoms with Gasteiger partial charge in [0.15, 0.2) is 11.5 Å². The Morgan fingerprint density at radius 1 is 1.43 bits per heavy atom. The maximum absolute atomic E-state index is 13.3. The second-order valence-corrected chi connectivity index (χ2v) is 6.27. The van der Waals surface area contributed by atoms with Gasteiger partial charge in [-0.1, -0.05) is 0 Å². The van der Waals surface area contributed by atoms with Crippen LogP contribution in [0.5, 0.6) is 0 Å². The lowest BCUT2D eigenvalue weighted by atomic mass is 9.98. The van der Waals surface area contributed by atoms with E-state index < -0.39 is 0 Å². The van der Waals surface area contributed by atoms with Crippen LogP contribution in [0.2, 0.25) is 0 Å². The number of nitrogens with zero attached hydrogens (tertiary/aromatic N) is 3. The number of nitrogens with one attached hydrogen (secondary N) is 1. The van der Waals surface area contributed by atoms with E-state index in [0.717, 1.165) is 49.6 Å². The Balaban J connectivity index is 1.52. The molecule has 0 saturated carbocycles. The van der Waals surface area contributed by atoms with Gasteiger partial charge in [0, 0.05) is 25.1 Å². The Labute approximate surface area is 133 Å². The lowest BCUT2D eigenvalue weighted by Crippen LogP contribution is -2.34. The van der Waals surface area contributed by atoms with Gasteiger partial charge in [-0.15, -0.1) is 0 Å². The van der Waals surface area contributed by atoms with Crippen molar-refractivity contribution in [1.29, 1.82) is 0 Å². The van der Waals surface area contributed by atoms with Gasteiger partial charge in [-0.2, -0.15) is 5.10 Å². The highest BCUT2D eigenvalue weighted by Crippen LogP contribution is 2.30. The van der Waals surface area contributed by atoms with E-state index in [9.17, 15) is 4.39 Å². The van der Waals surface area contributed by atoms with Crippen LogP contribution in [0.15, 0.2) is 28.8 Å². The molecule has 23 heavy (non-hydrogen) atoms. The zero-order valence-corrected chi connectivity index (χ0v) is 13.1. The number of hydrogen-bond acceptors (Lipinski definition) is 4. The fraction of sp³-hybridized carbons (Fsp3) is 0.412. The van der Waals surface area contributed by atoms with E-state index in [1.54, 1.807) is 6.07 Å². The molecular formula is C17H19FN4O. The van der Waals surface area contributed by atoms with E-state index in [1.807, 2.05) is 6.20 Å². The molecular weight excluding hydrogens is 295 g/mol. The topological polar surface area (TPSA) is 58.0 Å². The summed E-state index contributed by atoms with van der Waals surface area (Å²) in [6, 6.07) is 4.50. The molecule has 4 rings (SSSR count). The molecule has 5 nitrogen and oxygen atoms in total. The van der Waals surface area contributed by atoms with Crippen LogP contribution in [0, 0.1) is 12.7 Å². The first-order valence-electron chi connectivity index (χ1n) is 7.96. The number of aryl methyl sites for hydroxylation is 1. The number of hydrogen-bond donors (Lipinski definition) is 1. The molecule has 3 aromatic rings. The zero-order valence-electron chi connectivity index (χ0n) is 13.1. The van der Waals surface area contributed by atoms with Crippen LogP contribution in [-0.4, -0.2) is 33.2 Å². The van der Waals surface area contributed by atoms with Crippen LogP contribution < -0.4 is 0 Å². The van der Waals surface area contributed by atoms with Crippen LogP contribution >= 0.6 is 0 Å². The molecule has 1 unspecified atom stereocenters. The van der Waals surface area contributed by atoms with E-state index in [2.05, 4.69) is 27.0 Å². The number of fused-ring (bicyclic) bond motifs is 1. The lowest BCUT2D eigenvalue weighted by Gasteiger charge is -2.30. The zero-order chi connectivity index (χ0) is 15.8.